The van der Waals surface area contributed by atoms with Gasteiger partial charge in [-0.05, 0) is 25.7 Å². The van der Waals surface area contributed by atoms with Gasteiger partial charge >= 0.3 is 5.97 Å². The lowest BCUT2D eigenvalue weighted by atomic mass is 9.99. The van der Waals surface area contributed by atoms with Crippen molar-refractivity contribution in [1.82, 2.24) is 14.9 Å². The highest BCUT2D eigenvalue weighted by Crippen LogP contribution is 2.21. The third-order valence-corrected chi connectivity index (χ3v) is 3.46. The van der Waals surface area contributed by atoms with Crippen LogP contribution in [0.15, 0.2) is 12.4 Å². The van der Waals surface area contributed by atoms with E-state index in [0.29, 0.717) is 6.54 Å². The average molecular weight is 263 g/mol. The molecule has 1 aromatic heterocycles. The smallest absolute Gasteiger partial charge is 0.356 e. The van der Waals surface area contributed by atoms with Crippen molar-refractivity contribution < 1.29 is 14.7 Å². The normalized spacial score (nSPS) is 19.2. The van der Waals surface area contributed by atoms with Gasteiger partial charge < -0.3 is 10.0 Å². The molecule has 1 saturated heterocycles. The number of likely N-dealkylation sites (tertiary alicyclic amines) is 1. The lowest BCUT2D eigenvalue weighted by molar-refractivity contribution is 0.0581. The number of amides is 1. The van der Waals surface area contributed by atoms with Crippen LogP contribution in [-0.2, 0) is 0 Å². The van der Waals surface area contributed by atoms with Crippen LogP contribution >= 0.6 is 0 Å². The molecule has 0 aromatic carbocycles. The average Bonchev–Trinajstić information content (AvgIpc) is 2.46. The van der Waals surface area contributed by atoms with Gasteiger partial charge in [-0.15, -0.1) is 0 Å². The van der Waals surface area contributed by atoms with E-state index in [-0.39, 0.29) is 23.3 Å². The summed E-state index contributed by atoms with van der Waals surface area (Å²) in [4.78, 5) is 32.9. The molecule has 0 saturated carbocycles. The summed E-state index contributed by atoms with van der Waals surface area (Å²) in [6.07, 6.45) is 6.52. The monoisotopic (exact) mass is 263 g/mol. The van der Waals surface area contributed by atoms with Gasteiger partial charge in [0.2, 0.25) is 0 Å². The Hall–Kier alpha value is -1.98. The van der Waals surface area contributed by atoms with E-state index in [1.54, 1.807) is 4.90 Å². The molecular weight excluding hydrogens is 246 g/mol. The van der Waals surface area contributed by atoms with Gasteiger partial charge in [0.15, 0.2) is 11.4 Å². The molecule has 1 amide bonds. The van der Waals surface area contributed by atoms with Crippen molar-refractivity contribution in [3.8, 4) is 0 Å². The van der Waals surface area contributed by atoms with Crippen LogP contribution in [0.4, 0.5) is 0 Å². The predicted octanol–water partition coefficient (Wildman–Crippen LogP) is 1.58. The molecule has 0 spiro atoms. The van der Waals surface area contributed by atoms with Crippen molar-refractivity contribution >= 4 is 11.9 Å². The molecule has 1 N–H and O–H groups in total. The van der Waals surface area contributed by atoms with Crippen molar-refractivity contribution in [3.05, 3.63) is 23.8 Å². The molecular formula is C13H17N3O3. The summed E-state index contributed by atoms with van der Waals surface area (Å²) in [6, 6.07) is 0.171. The Morgan fingerprint density at radius 2 is 2.00 bits per heavy atom. The van der Waals surface area contributed by atoms with Crippen molar-refractivity contribution in [2.45, 2.75) is 38.6 Å². The molecule has 1 unspecified atom stereocenters. The van der Waals surface area contributed by atoms with Gasteiger partial charge in [-0.1, -0.05) is 6.92 Å². The zero-order valence-corrected chi connectivity index (χ0v) is 10.9. The first-order valence-electron chi connectivity index (χ1n) is 6.50. The van der Waals surface area contributed by atoms with Crippen LogP contribution < -0.4 is 0 Å². The minimum absolute atomic E-state index is 0.0599. The Labute approximate surface area is 111 Å². The van der Waals surface area contributed by atoms with E-state index in [1.807, 2.05) is 6.92 Å². The molecule has 2 heterocycles. The fourth-order valence-corrected chi connectivity index (χ4v) is 2.48. The van der Waals surface area contributed by atoms with Gasteiger partial charge in [-0.2, -0.15) is 0 Å². The summed E-state index contributed by atoms with van der Waals surface area (Å²) in [5.74, 6) is -1.54. The highest BCUT2D eigenvalue weighted by atomic mass is 16.4. The molecule has 1 aliphatic rings. The number of carbonyl (C=O) groups excluding carboxylic acids is 1. The zero-order chi connectivity index (χ0) is 13.8. The topological polar surface area (TPSA) is 83.4 Å². The van der Waals surface area contributed by atoms with Crippen molar-refractivity contribution in [1.29, 1.82) is 0 Å². The first kappa shape index (κ1) is 13.5. The van der Waals surface area contributed by atoms with Gasteiger partial charge in [-0.25, -0.2) is 14.8 Å². The highest BCUT2D eigenvalue weighted by Gasteiger charge is 2.30. The minimum atomic E-state index is -1.22. The van der Waals surface area contributed by atoms with Crippen molar-refractivity contribution in [2.75, 3.05) is 6.54 Å². The molecule has 0 radical (unpaired) electrons. The first-order valence-corrected chi connectivity index (χ1v) is 6.50. The number of piperidine rings is 1. The zero-order valence-electron chi connectivity index (χ0n) is 10.9. The number of carbonyl (C=O) groups is 2. The standard InChI is InChI=1S/C13H17N3O3/c1-2-9-5-3-4-8-16(9)12(17)10-11(13(18)19)15-7-6-14-10/h6-7,9H,2-5,8H2,1H3,(H,18,19). The predicted molar refractivity (Wildman–Crippen MR) is 68.0 cm³/mol. The molecule has 2 rings (SSSR count). The van der Waals surface area contributed by atoms with E-state index in [9.17, 15) is 9.59 Å². The number of aromatic carboxylic acids is 1. The lowest BCUT2D eigenvalue weighted by Crippen LogP contribution is -2.44. The Bertz CT molecular complexity index is 490. The Kier molecular flexibility index (Phi) is 4.09. The molecule has 1 atom stereocenters. The Balaban J connectivity index is 2.30. The molecule has 102 valence electrons. The molecule has 6 nitrogen and oxygen atoms in total. The molecule has 0 bridgehead atoms. The van der Waals surface area contributed by atoms with E-state index < -0.39 is 5.97 Å². The lowest BCUT2D eigenvalue weighted by Gasteiger charge is -2.35. The van der Waals surface area contributed by atoms with Crippen molar-refractivity contribution in [2.24, 2.45) is 0 Å². The van der Waals surface area contributed by atoms with Crippen LogP contribution in [0.5, 0.6) is 0 Å². The molecule has 1 aromatic rings. The maximum Gasteiger partial charge on any atom is 0.356 e. The van der Waals surface area contributed by atoms with Crippen LogP contribution in [0, 0.1) is 0 Å². The summed E-state index contributed by atoms with van der Waals surface area (Å²) >= 11 is 0. The number of carboxylic acids is 1. The molecule has 1 fully saturated rings. The van der Waals surface area contributed by atoms with E-state index >= 15 is 0 Å². The number of rotatable bonds is 3. The second-order valence-electron chi connectivity index (χ2n) is 4.62. The summed E-state index contributed by atoms with van der Waals surface area (Å²) in [5, 5.41) is 9.06. The Morgan fingerprint density at radius 1 is 1.32 bits per heavy atom. The van der Waals surface area contributed by atoms with Crippen LogP contribution in [-0.4, -0.2) is 44.4 Å². The highest BCUT2D eigenvalue weighted by molar-refractivity contribution is 6.02. The van der Waals surface area contributed by atoms with Crippen LogP contribution in [0.3, 0.4) is 0 Å². The largest absolute Gasteiger partial charge is 0.476 e. The third kappa shape index (κ3) is 2.72. The summed E-state index contributed by atoms with van der Waals surface area (Å²) < 4.78 is 0. The summed E-state index contributed by atoms with van der Waals surface area (Å²) in [6.45, 7) is 2.69. The maximum atomic E-state index is 12.5. The molecule has 1 aliphatic heterocycles. The Morgan fingerprint density at radius 3 is 2.63 bits per heavy atom. The summed E-state index contributed by atoms with van der Waals surface area (Å²) in [5.41, 5.74) is -0.330. The third-order valence-electron chi connectivity index (χ3n) is 3.46. The van der Waals surface area contributed by atoms with Crippen LogP contribution in [0.2, 0.25) is 0 Å². The fourth-order valence-electron chi connectivity index (χ4n) is 2.48. The van der Waals surface area contributed by atoms with Crippen molar-refractivity contribution in [3.63, 3.8) is 0 Å². The number of hydrogen-bond acceptors (Lipinski definition) is 4. The summed E-state index contributed by atoms with van der Waals surface area (Å²) in [7, 11) is 0. The molecule has 6 heteroatoms. The molecule has 19 heavy (non-hydrogen) atoms. The second-order valence-corrected chi connectivity index (χ2v) is 4.62. The quantitative estimate of drug-likeness (QED) is 0.895. The minimum Gasteiger partial charge on any atom is -0.476 e. The van der Waals surface area contributed by atoms with Gasteiger partial charge in [0.25, 0.3) is 5.91 Å². The number of aromatic nitrogens is 2. The van der Waals surface area contributed by atoms with Gasteiger partial charge in [0.05, 0.1) is 0 Å². The van der Waals surface area contributed by atoms with E-state index in [2.05, 4.69) is 9.97 Å². The van der Waals surface area contributed by atoms with E-state index in [4.69, 9.17) is 5.11 Å². The number of nitrogens with zero attached hydrogens (tertiary/aromatic N) is 3. The van der Waals surface area contributed by atoms with Gasteiger partial charge in [0, 0.05) is 25.0 Å². The maximum absolute atomic E-state index is 12.5. The van der Waals surface area contributed by atoms with Gasteiger partial charge in [0.1, 0.15) is 0 Å². The number of carboxylic acid groups (broad SMARTS) is 1. The van der Waals surface area contributed by atoms with Gasteiger partial charge in [-0.3, -0.25) is 4.79 Å². The fraction of sp³-hybridized carbons (Fsp3) is 0.538. The van der Waals surface area contributed by atoms with E-state index in [1.165, 1.54) is 12.4 Å². The first-order chi connectivity index (χ1) is 9.15. The number of hydrogen-bond donors (Lipinski definition) is 1. The SMILES string of the molecule is CCC1CCCCN1C(=O)c1nccnc1C(=O)O. The van der Waals surface area contributed by atoms with Crippen LogP contribution in [0.25, 0.3) is 0 Å². The van der Waals surface area contributed by atoms with Crippen LogP contribution in [0.1, 0.15) is 53.6 Å². The van der Waals surface area contributed by atoms with E-state index in [0.717, 1.165) is 25.7 Å². The molecule has 0 aliphatic carbocycles. The second kappa shape index (κ2) is 5.77.